The highest BCUT2D eigenvalue weighted by Crippen LogP contribution is 2.49. The average Bonchev–Trinajstić information content (AvgIpc) is 2.95. The van der Waals surface area contributed by atoms with Crippen LogP contribution >= 0.6 is 0 Å². The van der Waals surface area contributed by atoms with E-state index >= 15 is 0 Å². The topological polar surface area (TPSA) is 57.9 Å². The van der Waals surface area contributed by atoms with Crippen LogP contribution in [0.3, 0.4) is 0 Å². The Labute approximate surface area is 136 Å². The minimum absolute atomic E-state index is 0.0142. The molecule has 1 aliphatic heterocycles. The maximum Gasteiger partial charge on any atom is 0.119 e. The molecule has 1 fully saturated rings. The summed E-state index contributed by atoms with van der Waals surface area (Å²) in [7, 11) is 3.90. The Hall–Kier alpha value is -1.40. The van der Waals surface area contributed by atoms with Crippen LogP contribution in [0, 0.1) is 5.92 Å². The number of methoxy groups -OCH3 is 1. The lowest BCUT2D eigenvalue weighted by atomic mass is 9.69. The smallest absolute Gasteiger partial charge is 0.119 e. The Balaban J connectivity index is 1.97. The van der Waals surface area contributed by atoms with Crippen LogP contribution in [0.2, 0.25) is 0 Å². The first-order chi connectivity index (χ1) is 11.1. The summed E-state index contributed by atoms with van der Waals surface area (Å²) >= 11 is 0. The molecular weight excluding hydrogens is 292 g/mol. The molecule has 2 heterocycles. The molecular formula is C18H24N2O3. The number of benzene rings is 1. The largest absolute Gasteiger partial charge is 0.396 e. The normalized spacial score (nSPS) is 30.6. The maximum atomic E-state index is 9.72. The van der Waals surface area contributed by atoms with Crippen molar-refractivity contribution in [3.05, 3.63) is 35.5 Å². The van der Waals surface area contributed by atoms with Crippen LogP contribution in [0.5, 0.6) is 0 Å². The zero-order chi connectivity index (χ0) is 16.2. The van der Waals surface area contributed by atoms with E-state index in [4.69, 9.17) is 4.74 Å². The molecule has 0 spiro atoms. The molecule has 0 amide bonds. The number of ether oxygens (including phenoxy) is 1. The van der Waals surface area contributed by atoms with Crippen molar-refractivity contribution in [2.75, 3.05) is 27.3 Å². The molecule has 5 heteroatoms. The van der Waals surface area contributed by atoms with Crippen LogP contribution in [-0.2, 0) is 23.5 Å². The van der Waals surface area contributed by atoms with E-state index < -0.39 is 5.60 Å². The number of hydrogen-bond donors (Lipinski definition) is 2. The van der Waals surface area contributed by atoms with Gasteiger partial charge in [0, 0.05) is 37.9 Å². The molecule has 23 heavy (non-hydrogen) atoms. The summed E-state index contributed by atoms with van der Waals surface area (Å²) in [4.78, 5) is 2.33. The van der Waals surface area contributed by atoms with E-state index in [1.807, 2.05) is 10.6 Å². The summed E-state index contributed by atoms with van der Waals surface area (Å²) in [6.07, 6.45) is 3.81. The van der Waals surface area contributed by atoms with Crippen LogP contribution in [0.15, 0.2) is 24.4 Å². The molecule has 1 unspecified atom stereocenters. The van der Waals surface area contributed by atoms with E-state index in [1.54, 1.807) is 7.11 Å². The molecule has 1 aromatic carbocycles. The third-order valence-electron chi connectivity index (χ3n) is 5.84. The van der Waals surface area contributed by atoms with Crippen molar-refractivity contribution in [2.24, 2.45) is 5.92 Å². The van der Waals surface area contributed by atoms with Crippen LogP contribution in [-0.4, -0.2) is 53.0 Å². The van der Waals surface area contributed by atoms with Gasteiger partial charge in [-0.2, -0.15) is 0 Å². The molecule has 3 atom stereocenters. The Morgan fingerprint density at radius 3 is 2.87 bits per heavy atom. The van der Waals surface area contributed by atoms with Gasteiger partial charge in [0.1, 0.15) is 12.3 Å². The van der Waals surface area contributed by atoms with Gasteiger partial charge in [-0.15, -0.1) is 0 Å². The number of likely N-dealkylation sites (N-methyl/N-ethyl adjacent to an activating group) is 1. The summed E-state index contributed by atoms with van der Waals surface area (Å²) in [6.45, 7) is 1.06. The molecule has 0 saturated carbocycles. The van der Waals surface area contributed by atoms with Gasteiger partial charge in [0.15, 0.2) is 0 Å². The van der Waals surface area contributed by atoms with E-state index in [0.29, 0.717) is 0 Å². The summed E-state index contributed by atoms with van der Waals surface area (Å²) in [5.41, 5.74) is 3.13. The average molecular weight is 316 g/mol. The molecule has 1 aliphatic carbocycles. The van der Waals surface area contributed by atoms with E-state index in [9.17, 15) is 10.2 Å². The molecule has 1 saturated heterocycles. The van der Waals surface area contributed by atoms with Gasteiger partial charge in [0.25, 0.3) is 0 Å². The second-order valence-electron chi connectivity index (χ2n) is 6.97. The first-order valence-electron chi connectivity index (χ1n) is 8.23. The Morgan fingerprint density at radius 2 is 2.17 bits per heavy atom. The lowest BCUT2D eigenvalue weighted by molar-refractivity contribution is -0.130. The van der Waals surface area contributed by atoms with Crippen LogP contribution in [0.25, 0.3) is 10.9 Å². The van der Waals surface area contributed by atoms with Gasteiger partial charge in [-0.05, 0) is 43.0 Å². The molecule has 2 N–H and O–H groups in total. The number of rotatable bonds is 3. The molecule has 0 bridgehead atoms. The fourth-order valence-electron chi connectivity index (χ4n) is 4.85. The molecule has 0 radical (unpaired) electrons. The van der Waals surface area contributed by atoms with E-state index in [1.165, 1.54) is 16.5 Å². The van der Waals surface area contributed by atoms with E-state index in [-0.39, 0.29) is 25.3 Å². The monoisotopic (exact) mass is 316 g/mol. The zero-order valence-corrected chi connectivity index (χ0v) is 13.7. The maximum absolute atomic E-state index is 9.72. The number of aromatic nitrogens is 1. The zero-order valence-electron chi connectivity index (χ0n) is 13.7. The SMILES string of the molecule is COC12C[C@@H](CO)CN(C)[C@@H]1Cc1cn(CO)c3cccc2c13. The lowest BCUT2D eigenvalue weighted by Crippen LogP contribution is -2.59. The summed E-state index contributed by atoms with van der Waals surface area (Å²) in [6, 6.07) is 6.50. The van der Waals surface area contributed by atoms with Crippen LogP contribution in [0.1, 0.15) is 17.5 Å². The first kappa shape index (κ1) is 15.1. The minimum Gasteiger partial charge on any atom is -0.396 e. The first-order valence-corrected chi connectivity index (χ1v) is 8.23. The number of aliphatic hydroxyl groups is 2. The van der Waals surface area contributed by atoms with Crippen molar-refractivity contribution in [3.8, 4) is 0 Å². The van der Waals surface area contributed by atoms with Crippen molar-refractivity contribution in [1.29, 1.82) is 0 Å². The quantitative estimate of drug-likeness (QED) is 0.896. The predicted molar refractivity (Wildman–Crippen MR) is 88.2 cm³/mol. The van der Waals surface area contributed by atoms with Gasteiger partial charge < -0.3 is 19.5 Å². The number of likely N-dealkylation sites (tertiary alicyclic amines) is 1. The Bertz CT molecular complexity index is 741. The number of fused-ring (bicyclic) bond motifs is 2. The van der Waals surface area contributed by atoms with Gasteiger partial charge in [0.05, 0.1) is 5.52 Å². The van der Waals surface area contributed by atoms with E-state index in [2.05, 4.69) is 30.3 Å². The standard InChI is InChI=1S/C18H24N2O3/c1-19-8-12(10-21)7-18(23-2)14-4-3-5-15-17(14)13(6-16(18)19)9-20(15)11-22/h3-5,9,12,16,21-22H,6-8,10-11H2,1-2H3/t12-,16-,18?/m1/s1. The Kier molecular flexibility index (Phi) is 3.50. The Morgan fingerprint density at radius 1 is 1.35 bits per heavy atom. The number of aliphatic hydroxyl groups excluding tert-OH is 2. The summed E-state index contributed by atoms with van der Waals surface area (Å²) < 4.78 is 8.05. The van der Waals surface area contributed by atoms with Gasteiger partial charge in [-0.25, -0.2) is 0 Å². The van der Waals surface area contributed by atoms with Crippen molar-refractivity contribution in [3.63, 3.8) is 0 Å². The third-order valence-corrected chi connectivity index (χ3v) is 5.84. The lowest BCUT2D eigenvalue weighted by Gasteiger charge is -2.52. The van der Waals surface area contributed by atoms with Crippen molar-refractivity contribution in [2.45, 2.75) is 31.2 Å². The summed E-state index contributed by atoms with van der Waals surface area (Å²) in [5, 5.41) is 20.6. The third kappa shape index (κ3) is 1.94. The van der Waals surface area contributed by atoms with Gasteiger partial charge >= 0.3 is 0 Å². The van der Waals surface area contributed by atoms with Crippen molar-refractivity contribution >= 4 is 10.9 Å². The number of piperidine rings is 1. The van der Waals surface area contributed by atoms with E-state index in [0.717, 1.165) is 24.9 Å². The molecule has 1 aromatic heterocycles. The van der Waals surface area contributed by atoms with Crippen LogP contribution < -0.4 is 0 Å². The van der Waals surface area contributed by atoms with Crippen molar-refractivity contribution in [1.82, 2.24) is 9.47 Å². The summed E-state index contributed by atoms with van der Waals surface area (Å²) in [5.74, 6) is 0.216. The highest BCUT2D eigenvalue weighted by molar-refractivity contribution is 5.89. The molecule has 124 valence electrons. The highest BCUT2D eigenvalue weighted by atomic mass is 16.5. The van der Waals surface area contributed by atoms with Gasteiger partial charge in [-0.3, -0.25) is 4.90 Å². The highest BCUT2D eigenvalue weighted by Gasteiger charge is 2.51. The molecule has 2 aromatic rings. The number of nitrogens with zero attached hydrogens (tertiary/aromatic N) is 2. The minimum atomic E-state index is -0.394. The van der Waals surface area contributed by atoms with Crippen LogP contribution in [0.4, 0.5) is 0 Å². The second-order valence-corrected chi connectivity index (χ2v) is 6.97. The molecule has 5 nitrogen and oxygen atoms in total. The second kappa shape index (κ2) is 5.31. The fourth-order valence-corrected chi connectivity index (χ4v) is 4.85. The van der Waals surface area contributed by atoms with Gasteiger partial charge in [-0.1, -0.05) is 12.1 Å². The van der Waals surface area contributed by atoms with Crippen molar-refractivity contribution < 1.29 is 14.9 Å². The molecule has 4 rings (SSSR count). The number of hydrogen-bond acceptors (Lipinski definition) is 4. The predicted octanol–water partition coefficient (Wildman–Crippen LogP) is 1.30. The van der Waals surface area contributed by atoms with Gasteiger partial charge in [0.2, 0.25) is 0 Å². The molecule has 2 aliphatic rings. The fraction of sp³-hybridized carbons (Fsp3) is 0.556.